The molecule has 0 spiro atoms. The van der Waals surface area contributed by atoms with Crippen LogP contribution < -0.4 is 10.6 Å². The molecule has 1 aliphatic heterocycles. The van der Waals surface area contributed by atoms with Crippen molar-refractivity contribution in [1.29, 1.82) is 0 Å². The third-order valence-corrected chi connectivity index (χ3v) is 5.23. The quantitative estimate of drug-likeness (QED) is 0.890. The van der Waals surface area contributed by atoms with Gasteiger partial charge < -0.3 is 10.6 Å². The van der Waals surface area contributed by atoms with Gasteiger partial charge in [-0.05, 0) is 36.6 Å². The maximum atomic E-state index is 12.5. The Morgan fingerprint density at radius 3 is 2.73 bits per heavy atom. The Labute approximate surface area is 128 Å². The van der Waals surface area contributed by atoms with Crippen LogP contribution in [0.5, 0.6) is 0 Å². The molecule has 0 saturated heterocycles. The third kappa shape index (κ3) is 2.35. The zero-order chi connectivity index (χ0) is 15.9. The lowest BCUT2D eigenvalue weighted by molar-refractivity contribution is -0.116. The van der Waals surface area contributed by atoms with E-state index in [1.54, 1.807) is 17.0 Å². The second-order valence-electron chi connectivity index (χ2n) is 5.18. The average molecular weight is 320 g/mol. The maximum Gasteiger partial charge on any atom is 0.283 e. The smallest absolute Gasteiger partial charge is 0.283 e. The molecule has 1 amide bonds. The highest BCUT2D eigenvalue weighted by Gasteiger charge is 2.24. The molecule has 1 aromatic carbocycles. The van der Waals surface area contributed by atoms with E-state index in [2.05, 4.69) is 5.10 Å². The van der Waals surface area contributed by atoms with Crippen LogP contribution in [0, 0.1) is 0 Å². The summed E-state index contributed by atoms with van der Waals surface area (Å²) in [5.74, 6) is 0.0979. The normalized spacial score (nSPS) is 14.7. The van der Waals surface area contributed by atoms with Crippen molar-refractivity contribution in [1.82, 2.24) is 9.19 Å². The fourth-order valence-electron chi connectivity index (χ4n) is 2.62. The molecular formula is C14H16N4O3S. The first-order valence-electron chi connectivity index (χ1n) is 6.87. The van der Waals surface area contributed by atoms with E-state index < -0.39 is 10.0 Å². The number of rotatable bonds is 2. The molecule has 2 N–H and O–H groups in total. The molecule has 2 aromatic rings. The van der Waals surface area contributed by atoms with Crippen molar-refractivity contribution >= 4 is 27.4 Å². The minimum atomic E-state index is -3.77. The Balaban J connectivity index is 2.06. The predicted molar refractivity (Wildman–Crippen MR) is 82.0 cm³/mol. The van der Waals surface area contributed by atoms with Gasteiger partial charge in [0.05, 0.1) is 4.90 Å². The fourth-order valence-corrected chi connectivity index (χ4v) is 3.79. The zero-order valence-electron chi connectivity index (χ0n) is 12.1. The lowest BCUT2D eigenvalue weighted by atomic mass is 10.0. The molecule has 7 nitrogen and oxygen atoms in total. The summed E-state index contributed by atoms with van der Waals surface area (Å²) in [5.41, 5.74) is 7.10. The summed E-state index contributed by atoms with van der Waals surface area (Å²) < 4.78 is 25.9. The molecule has 2 heterocycles. The van der Waals surface area contributed by atoms with Crippen LogP contribution in [0.15, 0.2) is 35.4 Å². The lowest BCUT2D eigenvalue weighted by Crippen LogP contribution is -2.33. The highest BCUT2D eigenvalue weighted by atomic mass is 32.2. The van der Waals surface area contributed by atoms with Crippen LogP contribution in [-0.2, 0) is 21.2 Å². The fraction of sp³-hybridized carbons (Fsp3) is 0.286. The predicted octanol–water partition coefficient (Wildman–Crippen LogP) is 1.00. The topological polar surface area (TPSA) is 98.3 Å². The van der Waals surface area contributed by atoms with Crippen molar-refractivity contribution in [3.63, 3.8) is 0 Å². The van der Waals surface area contributed by atoms with Gasteiger partial charge in [-0.25, -0.2) is 0 Å². The number of aromatic nitrogens is 2. The summed E-state index contributed by atoms with van der Waals surface area (Å²) >= 11 is 0. The van der Waals surface area contributed by atoms with E-state index >= 15 is 0 Å². The summed E-state index contributed by atoms with van der Waals surface area (Å²) in [5, 5.41) is 3.76. The number of hydrogen-bond acceptors (Lipinski definition) is 5. The number of aryl methyl sites for hydroxylation is 1. The number of nitrogen functional groups attached to an aromatic ring is 1. The first-order valence-corrected chi connectivity index (χ1v) is 8.31. The molecule has 1 aliphatic rings. The molecule has 0 atom stereocenters. The number of anilines is 2. The molecular weight excluding hydrogens is 304 g/mol. The molecule has 0 saturated carbocycles. The van der Waals surface area contributed by atoms with Gasteiger partial charge in [0.25, 0.3) is 10.0 Å². The number of carbonyl (C=O) groups is 1. The van der Waals surface area contributed by atoms with Gasteiger partial charge in [-0.15, -0.1) is 5.10 Å². The van der Waals surface area contributed by atoms with E-state index in [-0.39, 0.29) is 16.6 Å². The molecule has 0 aliphatic carbocycles. The number of carbonyl (C=O) groups excluding carboxylic acids is 1. The summed E-state index contributed by atoms with van der Waals surface area (Å²) in [6, 6.07) is 6.20. The Bertz CT molecular complexity index is 842. The summed E-state index contributed by atoms with van der Waals surface area (Å²) in [7, 11) is -3.77. The van der Waals surface area contributed by atoms with E-state index in [4.69, 9.17) is 5.73 Å². The van der Waals surface area contributed by atoms with Crippen LogP contribution in [0.4, 0.5) is 11.5 Å². The SMILES string of the molecule is CC(=O)N1CCCc2cc(S(=O)(=O)n3ccc(N)n3)ccc21. The van der Waals surface area contributed by atoms with Crippen molar-refractivity contribution in [2.75, 3.05) is 17.2 Å². The van der Waals surface area contributed by atoms with Crippen molar-refractivity contribution in [2.45, 2.75) is 24.7 Å². The van der Waals surface area contributed by atoms with Crippen molar-refractivity contribution in [3.8, 4) is 0 Å². The van der Waals surface area contributed by atoms with E-state index in [1.807, 2.05) is 0 Å². The highest BCUT2D eigenvalue weighted by molar-refractivity contribution is 7.89. The molecule has 0 fully saturated rings. The lowest BCUT2D eigenvalue weighted by Gasteiger charge is -2.28. The summed E-state index contributed by atoms with van der Waals surface area (Å²) in [6.07, 6.45) is 2.86. The first kappa shape index (κ1) is 14.6. The van der Waals surface area contributed by atoms with Gasteiger partial charge >= 0.3 is 0 Å². The maximum absolute atomic E-state index is 12.5. The minimum absolute atomic E-state index is 0.0450. The third-order valence-electron chi connectivity index (χ3n) is 3.68. The molecule has 116 valence electrons. The van der Waals surface area contributed by atoms with Crippen molar-refractivity contribution < 1.29 is 13.2 Å². The molecule has 3 rings (SSSR count). The Kier molecular flexibility index (Phi) is 3.40. The molecule has 0 radical (unpaired) electrons. The summed E-state index contributed by atoms with van der Waals surface area (Å²) in [6.45, 7) is 2.16. The van der Waals surface area contributed by atoms with E-state index in [0.717, 1.165) is 28.2 Å². The monoisotopic (exact) mass is 320 g/mol. The number of hydrogen-bond donors (Lipinski definition) is 1. The molecule has 22 heavy (non-hydrogen) atoms. The van der Waals surface area contributed by atoms with Gasteiger partial charge in [-0.1, -0.05) is 0 Å². The number of fused-ring (bicyclic) bond motifs is 1. The van der Waals surface area contributed by atoms with E-state index in [9.17, 15) is 13.2 Å². The van der Waals surface area contributed by atoms with Crippen LogP contribution in [0.3, 0.4) is 0 Å². The van der Waals surface area contributed by atoms with Gasteiger partial charge in [0.2, 0.25) is 5.91 Å². The summed E-state index contributed by atoms with van der Waals surface area (Å²) in [4.78, 5) is 13.5. The number of benzene rings is 1. The second-order valence-corrected chi connectivity index (χ2v) is 6.98. The van der Waals surface area contributed by atoms with Crippen LogP contribution >= 0.6 is 0 Å². The molecule has 0 unspecified atom stereocenters. The Morgan fingerprint density at radius 1 is 1.32 bits per heavy atom. The highest BCUT2D eigenvalue weighted by Crippen LogP contribution is 2.30. The molecule has 0 bridgehead atoms. The Hall–Kier alpha value is -2.35. The number of amides is 1. The van der Waals surface area contributed by atoms with Gasteiger partial charge in [-0.2, -0.15) is 12.5 Å². The van der Waals surface area contributed by atoms with Crippen molar-refractivity contribution in [3.05, 3.63) is 36.0 Å². The largest absolute Gasteiger partial charge is 0.382 e. The number of nitrogens with zero attached hydrogens (tertiary/aromatic N) is 3. The first-order chi connectivity index (χ1) is 10.4. The van der Waals surface area contributed by atoms with Crippen molar-refractivity contribution in [2.24, 2.45) is 0 Å². The van der Waals surface area contributed by atoms with Crippen LogP contribution in [-0.4, -0.2) is 30.1 Å². The van der Waals surface area contributed by atoms with E-state index in [0.29, 0.717) is 6.54 Å². The number of nitrogens with two attached hydrogens (primary N) is 1. The average Bonchev–Trinajstić information content (AvgIpc) is 2.93. The van der Waals surface area contributed by atoms with E-state index in [1.165, 1.54) is 25.3 Å². The Morgan fingerprint density at radius 2 is 2.09 bits per heavy atom. The second kappa shape index (κ2) is 5.13. The van der Waals surface area contributed by atoms with Crippen LogP contribution in [0.2, 0.25) is 0 Å². The van der Waals surface area contributed by atoms with Crippen LogP contribution in [0.25, 0.3) is 0 Å². The molecule has 8 heteroatoms. The minimum Gasteiger partial charge on any atom is -0.382 e. The zero-order valence-corrected chi connectivity index (χ0v) is 12.9. The van der Waals surface area contributed by atoms with Gasteiger partial charge in [0, 0.05) is 31.4 Å². The standard InChI is InChI=1S/C14H16N4O3S/c1-10(19)17-7-2-3-11-9-12(4-5-13(11)17)22(20,21)18-8-6-14(15)16-18/h4-6,8-9H,2-3,7H2,1H3,(H2,15,16). The van der Waals surface area contributed by atoms with Gasteiger partial charge in [0.1, 0.15) is 5.82 Å². The van der Waals surface area contributed by atoms with Gasteiger partial charge in [0.15, 0.2) is 0 Å². The molecule has 1 aromatic heterocycles. The van der Waals surface area contributed by atoms with Gasteiger partial charge in [-0.3, -0.25) is 4.79 Å². The van der Waals surface area contributed by atoms with Crippen LogP contribution in [0.1, 0.15) is 18.9 Å².